The summed E-state index contributed by atoms with van der Waals surface area (Å²) in [6.07, 6.45) is 1.74. The van der Waals surface area contributed by atoms with Crippen molar-refractivity contribution in [2.75, 3.05) is 25.5 Å². The van der Waals surface area contributed by atoms with Crippen molar-refractivity contribution < 1.29 is 9.53 Å². The minimum Gasteiger partial charge on any atom is -0.487 e. The number of carbonyl (C=O) groups is 1. The van der Waals surface area contributed by atoms with E-state index in [1.54, 1.807) is 18.1 Å². The Bertz CT molecular complexity index is 394. The molecule has 0 atom stereocenters. The Morgan fingerprint density at radius 1 is 1.56 bits per heavy atom. The number of hydrogen-bond acceptors (Lipinski definition) is 4. The molecule has 1 aromatic rings. The number of amides is 1. The zero-order valence-electron chi connectivity index (χ0n) is 11.4. The Balaban J connectivity index is 2.64. The van der Waals surface area contributed by atoms with E-state index >= 15 is 0 Å². The minimum atomic E-state index is 0.0265. The summed E-state index contributed by atoms with van der Waals surface area (Å²) < 4.78 is 5.61. The van der Waals surface area contributed by atoms with E-state index in [0.29, 0.717) is 18.1 Å². The van der Waals surface area contributed by atoms with Crippen LogP contribution in [-0.4, -0.2) is 42.0 Å². The highest BCUT2D eigenvalue weighted by Crippen LogP contribution is 2.21. The highest BCUT2D eigenvalue weighted by molar-refractivity contribution is 5.80. The third-order valence-corrected chi connectivity index (χ3v) is 2.44. The molecule has 5 nitrogen and oxygen atoms in total. The zero-order valence-corrected chi connectivity index (χ0v) is 11.4. The summed E-state index contributed by atoms with van der Waals surface area (Å²) >= 11 is 0. The van der Waals surface area contributed by atoms with Crippen molar-refractivity contribution in [3.63, 3.8) is 0 Å². The summed E-state index contributed by atoms with van der Waals surface area (Å²) in [7, 11) is 1.77. The van der Waals surface area contributed by atoms with Gasteiger partial charge >= 0.3 is 0 Å². The number of nitrogens with one attached hydrogen (secondary N) is 1. The highest BCUT2D eigenvalue weighted by atomic mass is 16.5. The highest BCUT2D eigenvalue weighted by Gasteiger charge is 2.10. The molecule has 18 heavy (non-hydrogen) atoms. The summed E-state index contributed by atoms with van der Waals surface area (Å²) in [5.41, 5.74) is 0. The normalized spacial score (nSPS) is 10.3. The first-order chi connectivity index (χ1) is 8.54. The number of carbonyl (C=O) groups excluding carboxylic acids is 1. The second-order valence-electron chi connectivity index (χ2n) is 4.28. The van der Waals surface area contributed by atoms with Crippen LogP contribution in [0.1, 0.15) is 20.8 Å². The van der Waals surface area contributed by atoms with Gasteiger partial charge in [0.1, 0.15) is 0 Å². The lowest BCUT2D eigenvalue weighted by Gasteiger charge is -2.17. The van der Waals surface area contributed by atoms with E-state index in [1.807, 2.05) is 32.9 Å². The third-order valence-electron chi connectivity index (χ3n) is 2.44. The van der Waals surface area contributed by atoms with Crippen LogP contribution in [0, 0.1) is 0 Å². The molecule has 1 rings (SSSR count). The van der Waals surface area contributed by atoms with Gasteiger partial charge in [0, 0.05) is 19.8 Å². The first kappa shape index (κ1) is 14.3. The molecule has 1 heterocycles. The molecule has 0 bridgehead atoms. The first-order valence-corrected chi connectivity index (χ1v) is 6.14. The van der Waals surface area contributed by atoms with Crippen LogP contribution in [-0.2, 0) is 4.79 Å². The van der Waals surface area contributed by atoms with Crippen LogP contribution in [0.15, 0.2) is 18.3 Å². The maximum Gasteiger partial charge on any atom is 0.241 e. The van der Waals surface area contributed by atoms with Crippen LogP contribution in [0.3, 0.4) is 0 Å². The molecule has 100 valence electrons. The molecule has 0 saturated heterocycles. The Labute approximate surface area is 108 Å². The maximum atomic E-state index is 11.7. The molecule has 1 aromatic heterocycles. The molecule has 0 aromatic carbocycles. The van der Waals surface area contributed by atoms with Crippen molar-refractivity contribution in [2.24, 2.45) is 0 Å². The van der Waals surface area contributed by atoms with Crippen LogP contribution in [0.2, 0.25) is 0 Å². The zero-order chi connectivity index (χ0) is 13.5. The fourth-order valence-electron chi connectivity index (χ4n) is 1.34. The minimum absolute atomic E-state index is 0.0265. The van der Waals surface area contributed by atoms with Crippen molar-refractivity contribution in [1.29, 1.82) is 0 Å². The maximum absolute atomic E-state index is 11.7. The van der Waals surface area contributed by atoms with Gasteiger partial charge < -0.3 is 15.0 Å². The second kappa shape index (κ2) is 6.83. The summed E-state index contributed by atoms with van der Waals surface area (Å²) in [5.74, 6) is 1.29. The van der Waals surface area contributed by atoms with E-state index < -0.39 is 0 Å². The second-order valence-corrected chi connectivity index (χ2v) is 4.28. The number of likely N-dealkylation sites (N-methyl/N-ethyl adjacent to an activating group) is 1. The van der Waals surface area contributed by atoms with Crippen molar-refractivity contribution >= 4 is 11.7 Å². The molecule has 1 amide bonds. The number of nitrogens with zero attached hydrogens (tertiary/aromatic N) is 2. The Morgan fingerprint density at radius 3 is 2.89 bits per heavy atom. The predicted octanol–water partition coefficient (Wildman–Crippen LogP) is 1.76. The van der Waals surface area contributed by atoms with E-state index in [2.05, 4.69) is 10.3 Å². The van der Waals surface area contributed by atoms with Gasteiger partial charge in [-0.2, -0.15) is 0 Å². The fourth-order valence-corrected chi connectivity index (χ4v) is 1.34. The summed E-state index contributed by atoms with van der Waals surface area (Å²) in [4.78, 5) is 17.5. The van der Waals surface area contributed by atoms with E-state index in [4.69, 9.17) is 4.74 Å². The third kappa shape index (κ3) is 4.24. The molecular weight excluding hydrogens is 230 g/mol. The van der Waals surface area contributed by atoms with Crippen LogP contribution >= 0.6 is 0 Å². The van der Waals surface area contributed by atoms with E-state index in [9.17, 15) is 4.79 Å². The fraction of sp³-hybridized carbons (Fsp3) is 0.538. The van der Waals surface area contributed by atoms with Gasteiger partial charge in [0.2, 0.25) is 5.91 Å². The SMILES string of the molecule is CCN(C)C(=O)CNc1ncccc1OC(C)C. The molecule has 0 spiro atoms. The standard InChI is InChI=1S/C13H21N3O2/c1-5-16(4)12(17)9-15-13-11(18-10(2)3)7-6-8-14-13/h6-8,10H,5,9H2,1-4H3,(H,14,15). The van der Waals surface area contributed by atoms with E-state index in [-0.39, 0.29) is 18.6 Å². The molecule has 0 unspecified atom stereocenters. The molecule has 0 fully saturated rings. The van der Waals surface area contributed by atoms with Crippen molar-refractivity contribution in [1.82, 2.24) is 9.88 Å². The average molecular weight is 251 g/mol. The van der Waals surface area contributed by atoms with Gasteiger partial charge in [-0.05, 0) is 32.9 Å². The molecule has 0 aliphatic rings. The first-order valence-electron chi connectivity index (χ1n) is 6.14. The summed E-state index contributed by atoms with van der Waals surface area (Å²) in [6.45, 7) is 6.75. The van der Waals surface area contributed by atoms with Crippen molar-refractivity contribution in [3.05, 3.63) is 18.3 Å². The van der Waals surface area contributed by atoms with Crippen LogP contribution in [0.5, 0.6) is 5.75 Å². The quantitative estimate of drug-likeness (QED) is 0.837. The van der Waals surface area contributed by atoms with Gasteiger partial charge in [0.05, 0.1) is 12.6 Å². The largest absolute Gasteiger partial charge is 0.487 e. The van der Waals surface area contributed by atoms with Gasteiger partial charge in [-0.25, -0.2) is 4.98 Å². The average Bonchev–Trinajstić information content (AvgIpc) is 2.35. The van der Waals surface area contributed by atoms with Crippen LogP contribution in [0.4, 0.5) is 5.82 Å². The van der Waals surface area contributed by atoms with E-state index in [0.717, 1.165) is 0 Å². The van der Waals surface area contributed by atoms with Gasteiger partial charge in [0.25, 0.3) is 0 Å². The smallest absolute Gasteiger partial charge is 0.241 e. The summed E-state index contributed by atoms with van der Waals surface area (Å²) in [6, 6.07) is 3.65. The Kier molecular flexibility index (Phi) is 5.42. The number of pyridine rings is 1. The molecule has 0 radical (unpaired) electrons. The number of rotatable bonds is 6. The van der Waals surface area contributed by atoms with Crippen LogP contribution in [0.25, 0.3) is 0 Å². The Morgan fingerprint density at radius 2 is 2.28 bits per heavy atom. The van der Waals surface area contributed by atoms with Gasteiger partial charge in [-0.3, -0.25) is 4.79 Å². The number of anilines is 1. The molecule has 1 N–H and O–H groups in total. The molecular formula is C13H21N3O2. The number of aromatic nitrogens is 1. The van der Waals surface area contributed by atoms with Crippen molar-refractivity contribution in [2.45, 2.75) is 26.9 Å². The number of hydrogen-bond donors (Lipinski definition) is 1. The molecule has 0 saturated carbocycles. The molecule has 5 heteroatoms. The lowest BCUT2D eigenvalue weighted by atomic mass is 10.4. The van der Waals surface area contributed by atoms with Crippen molar-refractivity contribution in [3.8, 4) is 5.75 Å². The number of ether oxygens (including phenoxy) is 1. The van der Waals surface area contributed by atoms with Gasteiger partial charge in [-0.1, -0.05) is 0 Å². The Hall–Kier alpha value is -1.78. The summed E-state index contributed by atoms with van der Waals surface area (Å²) in [5, 5.41) is 3.01. The molecule has 0 aliphatic carbocycles. The monoisotopic (exact) mass is 251 g/mol. The lowest BCUT2D eigenvalue weighted by molar-refractivity contribution is -0.127. The van der Waals surface area contributed by atoms with Crippen LogP contribution < -0.4 is 10.1 Å². The van der Waals surface area contributed by atoms with Gasteiger partial charge in [0.15, 0.2) is 11.6 Å². The predicted molar refractivity (Wildman–Crippen MR) is 71.8 cm³/mol. The van der Waals surface area contributed by atoms with E-state index in [1.165, 1.54) is 0 Å². The molecule has 0 aliphatic heterocycles. The topological polar surface area (TPSA) is 54.5 Å². The van der Waals surface area contributed by atoms with Gasteiger partial charge in [-0.15, -0.1) is 0 Å². The lowest BCUT2D eigenvalue weighted by Crippen LogP contribution is -2.32.